The first-order chi connectivity index (χ1) is 16.2. The molecule has 0 aliphatic carbocycles. The van der Waals surface area contributed by atoms with E-state index in [9.17, 15) is 4.79 Å². The summed E-state index contributed by atoms with van der Waals surface area (Å²) in [5.74, 6) is -0.163. The number of carbonyl (C=O) groups excluding carboxylic acids is 1. The Labute approximate surface area is 198 Å². The van der Waals surface area contributed by atoms with E-state index in [1.54, 1.807) is 0 Å². The van der Waals surface area contributed by atoms with Crippen molar-refractivity contribution in [3.63, 3.8) is 0 Å². The van der Waals surface area contributed by atoms with Crippen LogP contribution >= 0.6 is 22.7 Å². The van der Waals surface area contributed by atoms with Gasteiger partial charge in [0.25, 0.3) is 5.91 Å². The van der Waals surface area contributed by atoms with Gasteiger partial charge in [-0.2, -0.15) is 0 Å². The van der Waals surface area contributed by atoms with Gasteiger partial charge in [0.2, 0.25) is 0 Å². The lowest BCUT2D eigenvalue weighted by atomic mass is 10.1. The molecule has 0 saturated heterocycles. The number of carbonyl (C=O) groups is 1. The van der Waals surface area contributed by atoms with Crippen LogP contribution in [-0.2, 0) is 0 Å². The number of rotatable bonds is 4. The summed E-state index contributed by atoms with van der Waals surface area (Å²) in [7, 11) is 0. The Kier molecular flexibility index (Phi) is 4.78. The Morgan fingerprint density at radius 1 is 0.879 bits per heavy atom. The van der Waals surface area contributed by atoms with Crippen LogP contribution in [0.5, 0.6) is 0 Å². The van der Waals surface area contributed by atoms with Crippen LogP contribution in [-0.4, -0.2) is 20.3 Å². The Morgan fingerprint density at radius 2 is 1.67 bits per heavy atom. The minimum Gasteiger partial charge on any atom is -0.297 e. The number of fused-ring (bicyclic) bond motifs is 2. The van der Waals surface area contributed by atoms with Crippen molar-refractivity contribution >= 4 is 49.4 Å². The molecule has 33 heavy (non-hydrogen) atoms. The summed E-state index contributed by atoms with van der Waals surface area (Å²) in [6.07, 6.45) is 1.98. The molecule has 0 aliphatic rings. The zero-order chi connectivity index (χ0) is 22.4. The standard InChI is InChI=1S/C26H18N4OS2/c1-16-23(33-26-28-21(14-30(16)26)18-8-3-2-4-9-18)24(31)29-25-27-22(15-32-25)20-12-11-17-7-5-6-10-19(17)13-20/h2-15H,1H3,(H,27,29,31). The highest BCUT2D eigenvalue weighted by atomic mass is 32.1. The Morgan fingerprint density at radius 3 is 2.48 bits per heavy atom. The van der Waals surface area contributed by atoms with Crippen molar-refractivity contribution in [1.82, 2.24) is 14.4 Å². The number of amides is 1. The molecule has 6 rings (SSSR count). The van der Waals surface area contributed by atoms with Gasteiger partial charge >= 0.3 is 0 Å². The molecule has 0 unspecified atom stereocenters. The summed E-state index contributed by atoms with van der Waals surface area (Å²) in [4.78, 5) is 23.8. The van der Waals surface area contributed by atoms with Crippen molar-refractivity contribution in [2.45, 2.75) is 6.92 Å². The molecule has 1 N–H and O–H groups in total. The van der Waals surface area contributed by atoms with E-state index in [2.05, 4.69) is 40.6 Å². The number of thiazole rings is 2. The van der Waals surface area contributed by atoms with Crippen LogP contribution < -0.4 is 5.32 Å². The largest absolute Gasteiger partial charge is 0.297 e. The monoisotopic (exact) mass is 466 g/mol. The minimum atomic E-state index is -0.163. The SMILES string of the molecule is Cc1c(C(=O)Nc2nc(-c3ccc4ccccc4c3)cs2)sc2nc(-c3ccccc3)cn12. The van der Waals surface area contributed by atoms with Gasteiger partial charge in [-0.3, -0.25) is 14.5 Å². The maximum absolute atomic E-state index is 13.0. The first kappa shape index (κ1) is 19.8. The first-order valence-corrected chi connectivity index (χ1v) is 12.2. The molecule has 0 aliphatic heterocycles. The summed E-state index contributed by atoms with van der Waals surface area (Å²) in [5.41, 5.74) is 4.71. The quantitative estimate of drug-likeness (QED) is 0.307. The second kappa shape index (κ2) is 7.95. The highest BCUT2D eigenvalue weighted by molar-refractivity contribution is 7.19. The molecule has 1 amide bonds. The van der Waals surface area contributed by atoms with Gasteiger partial charge in [-0.15, -0.1) is 11.3 Å². The van der Waals surface area contributed by atoms with Crippen LogP contribution in [0.15, 0.2) is 84.4 Å². The number of nitrogens with one attached hydrogen (secondary N) is 1. The molecule has 0 fully saturated rings. The molecule has 3 heterocycles. The van der Waals surface area contributed by atoms with Crippen molar-refractivity contribution in [2.24, 2.45) is 0 Å². The van der Waals surface area contributed by atoms with Crippen molar-refractivity contribution < 1.29 is 4.79 Å². The summed E-state index contributed by atoms with van der Waals surface area (Å²) in [6, 6.07) is 24.6. The fourth-order valence-electron chi connectivity index (χ4n) is 3.88. The van der Waals surface area contributed by atoms with Crippen LogP contribution in [0.3, 0.4) is 0 Å². The first-order valence-electron chi connectivity index (χ1n) is 10.5. The van der Waals surface area contributed by atoms with E-state index in [0.29, 0.717) is 10.0 Å². The van der Waals surface area contributed by atoms with Crippen LogP contribution in [0.2, 0.25) is 0 Å². The van der Waals surface area contributed by atoms with E-state index < -0.39 is 0 Å². The summed E-state index contributed by atoms with van der Waals surface area (Å²) in [5, 5.41) is 7.88. The van der Waals surface area contributed by atoms with E-state index in [1.165, 1.54) is 33.4 Å². The number of hydrogen-bond donors (Lipinski definition) is 1. The van der Waals surface area contributed by atoms with E-state index in [-0.39, 0.29) is 5.91 Å². The number of benzene rings is 3. The predicted molar refractivity (Wildman–Crippen MR) is 136 cm³/mol. The normalized spacial score (nSPS) is 11.3. The van der Waals surface area contributed by atoms with Crippen molar-refractivity contribution in [1.29, 1.82) is 0 Å². The maximum Gasteiger partial charge on any atom is 0.269 e. The van der Waals surface area contributed by atoms with E-state index in [0.717, 1.165) is 33.2 Å². The van der Waals surface area contributed by atoms with Crippen LogP contribution in [0.25, 0.3) is 38.2 Å². The molecular formula is C26H18N4OS2. The Balaban J connectivity index is 1.25. The number of anilines is 1. The topological polar surface area (TPSA) is 59.3 Å². The zero-order valence-corrected chi connectivity index (χ0v) is 19.3. The lowest BCUT2D eigenvalue weighted by Crippen LogP contribution is -2.11. The smallest absolute Gasteiger partial charge is 0.269 e. The lowest BCUT2D eigenvalue weighted by Gasteiger charge is -2.02. The molecule has 0 saturated carbocycles. The van der Waals surface area contributed by atoms with Crippen LogP contribution in [0, 0.1) is 6.92 Å². The fraction of sp³-hybridized carbons (Fsp3) is 0.0385. The maximum atomic E-state index is 13.0. The minimum absolute atomic E-state index is 0.163. The summed E-state index contributed by atoms with van der Waals surface area (Å²) >= 11 is 2.81. The molecule has 0 radical (unpaired) electrons. The van der Waals surface area contributed by atoms with Crippen molar-refractivity contribution in [3.8, 4) is 22.5 Å². The van der Waals surface area contributed by atoms with Gasteiger partial charge in [0.1, 0.15) is 4.88 Å². The van der Waals surface area contributed by atoms with Gasteiger partial charge in [0.05, 0.1) is 11.4 Å². The highest BCUT2D eigenvalue weighted by Gasteiger charge is 2.19. The Hall–Kier alpha value is -3.81. The third-order valence-electron chi connectivity index (χ3n) is 5.60. The third kappa shape index (κ3) is 3.61. The van der Waals surface area contributed by atoms with Crippen LogP contribution in [0.4, 0.5) is 5.13 Å². The van der Waals surface area contributed by atoms with Crippen molar-refractivity contribution in [3.05, 3.63) is 94.9 Å². The molecule has 160 valence electrons. The van der Waals surface area contributed by atoms with E-state index in [1.807, 2.05) is 65.4 Å². The van der Waals surface area contributed by atoms with Gasteiger partial charge in [-0.25, -0.2) is 9.97 Å². The van der Waals surface area contributed by atoms with Gasteiger partial charge in [-0.05, 0) is 23.8 Å². The fourth-order valence-corrected chi connectivity index (χ4v) is 5.59. The zero-order valence-electron chi connectivity index (χ0n) is 17.6. The third-order valence-corrected chi connectivity index (χ3v) is 7.52. The molecule has 3 aromatic heterocycles. The van der Waals surface area contributed by atoms with Gasteiger partial charge in [-0.1, -0.05) is 78.1 Å². The molecule has 0 bridgehead atoms. The number of nitrogens with zero attached hydrogens (tertiary/aromatic N) is 3. The Bertz CT molecular complexity index is 1630. The molecular weight excluding hydrogens is 448 g/mol. The predicted octanol–water partition coefficient (Wildman–Crippen LogP) is 6.90. The molecule has 0 atom stereocenters. The van der Waals surface area contributed by atoms with E-state index >= 15 is 0 Å². The number of imidazole rings is 1. The summed E-state index contributed by atoms with van der Waals surface area (Å²) < 4.78 is 1.98. The van der Waals surface area contributed by atoms with Gasteiger partial charge in [0.15, 0.2) is 10.1 Å². The van der Waals surface area contributed by atoms with E-state index in [4.69, 9.17) is 4.98 Å². The molecule has 7 heteroatoms. The van der Waals surface area contributed by atoms with Gasteiger partial charge in [0, 0.05) is 28.4 Å². The number of aryl methyl sites for hydroxylation is 1. The average Bonchev–Trinajstić information content (AvgIpc) is 3.56. The second-order valence-corrected chi connectivity index (χ2v) is 9.55. The van der Waals surface area contributed by atoms with Gasteiger partial charge < -0.3 is 0 Å². The van der Waals surface area contributed by atoms with Crippen LogP contribution in [0.1, 0.15) is 15.4 Å². The molecule has 6 aromatic rings. The number of aromatic nitrogens is 3. The molecule has 5 nitrogen and oxygen atoms in total. The molecule has 0 spiro atoms. The second-order valence-electron chi connectivity index (χ2n) is 7.72. The molecule has 3 aromatic carbocycles. The summed E-state index contributed by atoms with van der Waals surface area (Å²) in [6.45, 7) is 1.94. The highest BCUT2D eigenvalue weighted by Crippen LogP contribution is 2.30. The van der Waals surface area contributed by atoms with Crippen molar-refractivity contribution in [2.75, 3.05) is 5.32 Å². The lowest BCUT2D eigenvalue weighted by molar-refractivity contribution is 0.102. The average molecular weight is 467 g/mol. The number of hydrogen-bond acceptors (Lipinski definition) is 5.